The van der Waals surface area contributed by atoms with Crippen molar-refractivity contribution in [2.45, 2.75) is 56.9 Å². The molecule has 5 nitrogen and oxygen atoms in total. The van der Waals surface area contributed by atoms with E-state index in [4.69, 9.17) is 0 Å². The Balaban J connectivity index is 1.76. The first-order valence-electron chi connectivity index (χ1n) is 7.07. The number of carbonyl (C=O) groups is 1. The van der Waals surface area contributed by atoms with Gasteiger partial charge >= 0.3 is 7.12 Å². The highest BCUT2D eigenvalue weighted by Crippen LogP contribution is 2.19. The van der Waals surface area contributed by atoms with Crippen LogP contribution in [-0.4, -0.2) is 53.0 Å². The van der Waals surface area contributed by atoms with Crippen molar-refractivity contribution in [1.29, 1.82) is 0 Å². The first-order valence-corrected chi connectivity index (χ1v) is 7.07. The summed E-state index contributed by atoms with van der Waals surface area (Å²) in [6, 6.07) is 0.461. The first-order chi connectivity index (χ1) is 8.68. The lowest BCUT2D eigenvalue weighted by Crippen LogP contribution is -2.49. The van der Waals surface area contributed by atoms with Crippen LogP contribution >= 0.6 is 0 Å². The molecule has 0 spiro atoms. The Kier molecular flexibility index (Phi) is 5.03. The SMILES string of the molecule is O=C(CNC1CCCCC1)N1CCC[C@H]1B(O)O. The van der Waals surface area contributed by atoms with Crippen molar-refractivity contribution in [1.82, 2.24) is 10.2 Å². The fraction of sp³-hybridized carbons (Fsp3) is 0.917. The lowest BCUT2D eigenvalue weighted by atomic mass is 9.78. The van der Waals surface area contributed by atoms with Gasteiger partial charge in [0.2, 0.25) is 5.91 Å². The third kappa shape index (κ3) is 3.46. The van der Waals surface area contributed by atoms with Crippen LogP contribution in [-0.2, 0) is 4.79 Å². The average Bonchev–Trinajstić information content (AvgIpc) is 2.86. The molecule has 2 rings (SSSR count). The van der Waals surface area contributed by atoms with Gasteiger partial charge in [0.25, 0.3) is 0 Å². The van der Waals surface area contributed by atoms with Crippen molar-refractivity contribution in [3.8, 4) is 0 Å². The fourth-order valence-corrected chi connectivity index (χ4v) is 3.05. The molecule has 1 atom stereocenters. The maximum absolute atomic E-state index is 12.0. The largest absolute Gasteiger partial charge is 0.475 e. The standard InChI is InChI=1S/C12H23BN2O3/c16-12(9-14-10-5-2-1-3-6-10)15-8-4-7-11(15)13(17)18/h10-11,14,17-18H,1-9H2/t11-/m0/s1. The first kappa shape index (κ1) is 13.8. The van der Waals surface area contributed by atoms with E-state index in [1.165, 1.54) is 19.3 Å². The zero-order valence-corrected chi connectivity index (χ0v) is 10.8. The number of likely N-dealkylation sites (tertiary alicyclic amines) is 1. The van der Waals surface area contributed by atoms with Gasteiger partial charge < -0.3 is 20.3 Å². The second kappa shape index (κ2) is 6.54. The molecule has 1 saturated heterocycles. The highest BCUT2D eigenvalue weighted by atomic mass is 16.4. The van der Waals surface area contributed by atoms with Crippen molar-refractivity contribution in [2.24, 2.45) is 0 Å². The van der Waals surface area contributed by atoms with E-state index in [1.54, 1.807) is 4.90 Å². The monoisotopic (exact) mass is 254 g/mol. The molecule has 18 heavy (non-hydrogen) atoms. The summed E-state index contributed by atoms with van der Waals surface area (Å²) in [5.74, 6) is -0.415. The van der Waals surface area contributed by atoms with Crippen molar-refractivity contribution in [2.75, 3.05) is 13.1 Å². The quantitative estimate of drug-likeness (QED) is 0.613. The Labute approximate surface area is 109 Å². The Morgan fingerprint density at radius 1 is 1.17 bits per heavy atom. The number of rotatable bonds is 4. The van der Waals surface area contributed by atoms with E-state index in [2.05, 4.69) is 5.32 Å². The molecule has 1 aliphatic carbocycles. The Bertz CT molecular complexity index is 282. The minimum atomic E-state index is -1.41. The van der Waals surface area contributed by atoms with Gasteiger partial charge in [0, 0.05) is 12.6 Å². The summed E-state index contributed by atoms with van der Waals surface area (Å²) in [4.78, 5) is 13.7. The van der Waals surface area contributed by atoms with Crippen molar-refractivity contribution < 1.29 is 14.8 Å². The summed E-state index contributed by atoms with van der Waals surface area (Å²) in [5.41, 5.74) is 0. The van der Waals surface area contributed by atoms with Gasteiger partial charge in [-0.3, -0.25) is 4.79 Å². The number of hydrogen-bond donors (Lipinski definition) is 3. The van der Waals surface area contributed by atoms with Gasteiger partial charge in [0.05, 0.1) is 12.5 Å². The molecule has 0 radical (unpaired) electrons. The third-order valence-electron chi connectivity index (χ3n) is 4.11. The number of carbonyl (C=O) groups excluding carboxylic acids is 1. The van der Waals surface area contributed by atoms with E-state index in [1.807, 2.05) is 0 Å². The lowest BCUT2D eigenvalue weighted by Gasteiger charge is -2.27. The molecule has 3 N–H and O–H groups in total. The number of amides is 1. The highest BCUT2D eigenvalue weighted by molar-refractivity contribution is 6.43. The molecule has 0 aromatic rings. The Hall–Kier alpha value is -0.585. The van der Waals surface area contributed by atoms with Gasteiger partial charge in [0.15, 0.2) is 0 Å². The second-order valence-corrected chi connectivity index (χ2v) is 5.43. The van der Waals surface area contributed by atoms with Gasteiger partial charge in [-0.2, -0.15) is 0 Å². The maximum Gasteiger partial charge on any atom is 0.475 e. The van der Waals surface area contributed by atoms with Gasteiger partial charge in [-0.15, -0.1) is 0 Å². The Morgan fingerprint density at radius 3 is 2.56 bits per heavy atom. The lowest BCUT2D eigenvalue weighted by molar-refractivity contribution is -0.130. The second-order valence-electron chi connectivity index (χ2n) is 5.43. The van der Waals surface area contributed by atoms with Crippen LogP contribution < -0.4 is 5.32 Å². The fourth-order valence-electron chi connectivity index (χ4n) is 3.05. The summed E-state index contributed by atoms with van der Waals surface area (Å²) >= 11 is 0. The van der Waals surface area contributed by atoms with Gasteiger partial charge in [-0.05, 0) is 25.7 Å². The summed E-state index contributed by atoms with van der Waals surface area (Å²) in [6.07, 6.45) is 7.64. The van der Waals surface area contributed by atoms with Crippen LogP contribution in [0.15, 0.2) is 0 Å². The molecular formula is C12H23BN2O3. The topological polar surface area (TPSA) is 72.8 Å². The van der Waals surface area contributed by atoms with Crippen LogP contribution in [0.1, 0.15) is 44.9 Å². The molecular weight excluding hydrogens is 231 g/mol. The van der Waals surface area contributed by atoms with Crippen LogP contribution in [0.4, 0.5) is 0 Å². The smallest absolute Gasteiger partial charge is 0.426 e. The number of nitrogens with one attached hydrogen (secondary N) is 1. The average molecular weight is 254 g/mol. The molecule has 1 aliphatic heterocycles. The predicted molar refractivity (Wildman–Crippen MR) is 69.8 cm³/mol. The molecule has 1 heterocycles. The van der Waals surface area contributed by atoms with Crippen molar-refractivity contribution in [3.63, 3.8) is 0 Å². The molecule has 6 heteroatoms. The summed E-state index contributed by atoms with van der Waals surface area (Å²) in [7, 11) is -1.41. The zero-order chi connectivity index (χ0) is 13.0. The van der Waals surface area contributed by atoms with Gasteiger partial charge in [-0.1, -0.05) is 19.3 Å². The molecule has 0 aromatic carbocycles. The van der Waals surface area contributed by atoms with E-state index < -0.39 is 13.1 Å². The Morgan fingerprint density at radius 2 is 1.89 bits per heavy atom. The molecule has 0 aromatic heterocycles. The van der Waals surface area contributed by atoms with Gasteiger partial charge in [0.1, 0.15) is 0 Å². The highest BCUT2D eigenvalue weighted by Gasteiger charge is 2.36. The third-order valence-corrected chi connectivity index (χ3v) is 4.11. The molecule has 0 unspecified atom stereocenters. The van der Waals surface area contributed by atoms with Gasteiger partial charge in [-0.25, -0.2) is 0 Å². The van der Waals surface area contributed by atoms with E-state index in [0.717, 1.165) is 19.3 Å². The molecule has 102 valence electrons. The molecule has 2 fully saturated rings. The van der Waals surface area contributed by atoms with E-state index in [-0.39, 0.29) is 5.91 Å². The van der Waals surface area contributed by atoms with Crippen LogP contribution in [0.2, 0.25) is 0 Å². The van der Waals surface area contributed by atoms with E-state index >= 15 is 0 Å². The molecule has 0 bridgehead atoms. The van der Waals surface area contributed by atoms with Crippen molar-refractivity contribution in [3.05, 3.63) is 0 Å². The maximum atomic E-state index is 12.0. The predicted octanol–water partition coefficient (Wildman–Crippen LogP) is -0.0883. The molecule has 1 saturated carbocycles. The summed E-state index contributed by atoms with van der Waals surface area (Å²) in [6.45, 7) is 0.974. The van der Waals surface area contributed by atoms with Crippen LogP contribution in [0.3, 0.4) is 0 Å². The van der Waals surface area contributed by atoms with E-state index in [0.29, 0.717) is 25.6 Å². The van der Waals surface area contributed by atoms with Crippen molar-refractivity contribution >= 4 is 13.0 Å². The summed E-state index contributed by atoms with van der Waals surface area (Å²) < 4.78 is 0. The van der Waals surface area contributed by atoms with Crippen LogP contribution in [0.5, 0.6) is 0 Å². The number of hydrogen-bond acceptors (Lipinski definition) is 4. The minimum Gasteiger partial charge on any atom is -0.426 e. The zero-order valence-electron chi connectivity index (χ0n) is 10.8. The summed E-state index contributed by atoms with van der Waals surface area (Å²) in [5, 5.41) is 21.8. The van der Waals surface area contributed by atoms with E-state index in [9.17, 15) is 14.8 Å². The number of nitrogens with zero attached hydrogens (tertiary/aromatic N) is 1. The molecule has 2 aliphatic rings. The minimum absolute atomic E-state index is 0.00354. The van der Waals surface area contributed by atoms with Crippen LogP contribution in [0.25, 0.3) is 0 Å². The normalized spacial score (nSPS) is 25.4. The van der Waals surface area contributed by atoms with Crippen LogP contribution in [0, 0.1) is 0 Å². The molecule has 1 amide bonds.